The lowest BCUT2D eigenvalue weighted by Gasteiger charge is -2.19. The summed E-state index contributed by atoms with van der Waals surface area (Å²) in [6.07, 6.45) is 0.528. The lowest BCUT2D eigenvalue weighted by molar-refractivity contribution is -0.118. The van der Waals surface area contributed by atoms with Crippen molar-refractivity contribution in [3.63, 3.8) is 0 Å². The van der Waals surface area contributed by atoms with Crippen LogP contribution in [0.1, 0.15) is 27.2 Å². The number of rotatable bonds is 9. The predicted octanol–water partition coefficient (Wildman–Crippen LogP) is 1.31. The summed E-state index contributed by atoms with van der Waals surface area (Å²) in [6.45, 7) is 7.63. The Kier molecular flexibility index (Phi) is 10.2. The van der Waals surface area contributed by atoms with Crippen molar-refractivity contribution in [3.8, 4) is 0 Å². The molecule has 7 heteroatoms. The molecule has 0 aliphatic carbocycles. The van der Waals surface area contributed by atoms with Crippen molar-refractivity contribution in [1.29, 1.82) is 0 Å². The van der Waals surface area contributed by atoms with Crippen molar-refractivity contribution in [2.45, 2.75) is 32.8 Å². The molecule has 0 heterocycles. The Morgan fingerprint density at radius 1 is 1.14 bits per heavy atom. The van der Waals surface area contributed by atoms with Crippen molar-refractivity contribution < 1.29 is 14.3 Å². The highest BCUT2D eigenvalue weighted by Crippen LogP contribution is 2.06. The second-order valence-corrected chi connectivity index (χ2v) is 7.09. The molecule has 0 spiro atoms. The van der Waals surface area contributed by atoms with Crippen LogP contribution in [0.4, 0.5) is 4.79 Å². The fourth-order valence-electron chi connectivity index (χ4n) is 1.38. The zero-order chi connectivity index (χ0) is 16.3. The van der Waals surface area contributed by atoms with Crippen molar-refractivity contribution in [2.24, 2.45) is 0 Å². The third-order valence-electron chi connectivity index (χ3n) is 2.25. The number of hydrogen-bond acceptors (Lipinski definition) is 5. The van der Waals surface area contributed by atoms with Crippen LogP contribution < -0.4 is 10.6 Å². The second-order valence-electron chi connectivity index (χ2n) is 5.99. The lowest BCUT2D eigenvalue weighted by Crippen LogP contribution is -2.34. The van der Waals surface area contributed by atoms with E-state index < -0.39 is 11.7 Å². The first kappa shape index (κ1) is 20.1. The third-order valence-corrected chi connectivity index (χ3v) is 3.21. The van der Waals surface area contributed by atoms with E-state index in [2.05, 4.69) is 15.5 Å². The van der Waals surface area contributed by atoms with E-state index in [0.717, 1.165) is 13.0 Å². The van der Waals surface area contributed by atoms with Crippen molar-refractivity contribution in [3.05, 3.63) is 0 Å². The molecule has 0 aromatic heterocycles. The Bertz CT molecular complexity index is 317. The standard InChI is InChI=1S/C14H29N3O3S/c1-14(2,3)20-13(19)16-8-10-21-11-12(18)15-7-6-9-17(4)5/h6-11H2,1-5H3,(H,15,18)(H,16,19). The molecule has 0 fully saturated rings. The van der Waals surface area contributed by atoms with Crippen LogP contribution in [0.15, 0.2) is 0 Å². The van der Waals surface area contributed by atoms with Crippen LogP contribution in [-0.4, -0.2) is 67.7 Å². The number of carbonyl (C=O) groups excluding carboxylic acids is 2. The Morgan fingerprint density at radius 3 is 2.38 bits per heavy atom. The minimum Gasteiger partial charge on any atom is -0.444 e. The molecular formula is C14H29N3O3S. The number of nitrogens with zero attached hydrogens (tertiary/aromatic N) is 1. The first-order valence-electron chi connectivity index (χ1n) is 7.17. The van der Waals surface area contributed by atoms with Crippen molar-refractivity contribution in [2.75, 3.05) is 45.2 Å². The van der Waals surface area contributed by atoms with Gasteiger partial charge in [-0.2, -0.15) is 11.8 Å². The Labute approximate surface area is 132 Å². The number of hydrogen-bond donors (Lipinski definition) is 2. The number of nitrogens with one attached hydrogen (secondary N) is 2. The largest absolute Gasteiger partial charge is 0.444 e. The van der Waals surface area contributed by atoms with Gasteiger partial charge in [0.05, 0.1) is 5.75 Å². The minimum atomic E-state index is -0.482. The van der Waals surface area contributed by atoms with Crippen LogP contribution >= 0.6 is 11.8 Å². The highest BCUT2D eigenvalue weighted by molar-refractivity contribution is 7.99. The van der Waals surface area contributed by atoms with E-state index >= 15 is 0 Å². The van der Waals surface area contributed by atoms with Crippen molar-refractivity contribution in [1.82, 2.24) is 15.5 Å². The van der Waals surface area contributed by atoms with Gasteiger partial charge in [0.2, 0.25) is 5.91 Å². The maximum Gasteiger partial charge on any atom is 0.407 e. The normalized spacial score (nSPS) is 11.3. The maximum absolute atomic E-state index is 11.5. The molecule has 2 amide bonds. The van der Waals surface area contributed by atoms with Gasteiger partial charge < -0.3 is 20.3 Å². The van der Waals surface area contributed by atoms with Gasteiger partial charge in [-0.3, -0.25) is 4.79 Å². The zero-order valence-electron chi connectivity index (χ0n) is 13.8. The molecule has 0 saturated carbocycles. The Balaban J connectivity index is 3.46. The van der Waals surface area contributed by atoms with E-state index in [-0.39, 0.29) is 5.91 Å². The van der Waals surface area contributed by atoms with E-state index in [4.69, 9.17) is 4.74 Å². The Morgan fingerprint density at radius 2 is 1.81 bits per heavy atom. The number of thioether (sulfide) groups is 1. The average molecular weight is 319 g/mol. The van der Waals surface area contributed by atoms with Gasteiger partial charge in [-0.25, -0.2) is 4.79 Å². The third kappa shape index (κ3) is 15.3. The zero-order valence-corrected chi connectivity index (χ0v) is 14.6. The molecule has 0 aliphatic heterocycles. The molecular weight excluding hydrogens is 290 g/mol. The summed E-state index contributed by atoms with van der Waals surface area (Å²) in [6, 6.07) is 0. The van der Waals surface area contributed by atoms with Crippen LogP contribution in [-0.2, 0) is 9.53 Å². The molecule has 0 aliphatic rings. The van der Waals surface area contributed by atoms with Crippen LogP contribution in [0.5, 0.6) is 0 Å². The molecule has 2 N–H and O–H groups in total. The summed E-state index contributed by atoms with van der Waals surface area (Å²) in [5.74, 6) is 1.14. The molecule has 6 nitrogen and oxygen atoms in total. The minimum absolute atomic E-state index is 0.0380. The molecule has 0 aromatic carbocycles. The SMILES string of the molecule is CN(C)CCCNC(=O)CSCCNC(=O)OC(C)(C)C. The van der Waals surface area contributed by atoms with Gasteiger partial charge in [0.25, 0.3) is 0 Å². The summed E-state index contributed by atoms with van der Waals surface area (Å²) in [5, 5.41) is 5.53. The maximum atomic E-state index is 11.5. The van der Waals surface area contributed by atoms with Crippen LogP contribution in [0, 0.1) is 0 Å². The summed E-state index contributed by atoms with van der Waals surface area (Å²) in [4.78, 5) is 25.0. The summed E-state index contributed by atoms with van der Waals surface area (Å²) < 4.78 is 5.11. The van der Waals surface area contributed by atoms with E-state index in [1.54, 1.807) is 0 Å². The van der Waals surface area contributed by atoms with E-state index in [9.17, 15) is 9.59 Å². The van der Waals surface area contributed by atoms with Crippen LogP contribution in [0.3, 0.4) is 0 Å². The van der Waals surface area contributed by atoms with E-state index in [0.29, 0.717) is 24.6 Å². The van der Waals surface area contributed by atoms with Crippen LogP contribution in [0.2, 0.25) is 0 Å². The first-order valence-corrected chi connectivity index (χ1v) is 8.32. The van der Waals surface area contributed by atoms with Gasteiger partial charge >= 0.3 is 6.09 Å². The summed E-state index contributed by atoms with van der Waals surface area (Å²) >= 11 is 1.49. The Hall–Kier alpha value is -0.950. The molecule has 0 atom stereocenters. The smallest absolute Gasteiger partial charge is 0.407 e. The van der Waals surface area contributed by atoms with Gasteiger partial charge in [-0.05, 0) is 47.8 Å². The lowest BCUT2D eigenvalue weighted by atomic mass is 10.2. The van der Waals surface area contributed by atoms with Crippen molar-refractivity contribution >= 4 is 23.8 Å². The molecule has 0 rings (SSSR count). The quantitative estimate of drug-likeness (QED) is 0.627. The van der Waals surface area contributed by atoms with E-state index in [1.165, 1.54) is 11.8 Å². The second kappa shape index (κ2) is 10.7. The van der Waals surface area contributed by atoms with E-state index in [1.807, 2.05) is 34.9 Å². The monoisotopic (exact) mass is 319 g/mol. The summed E-state index contributed by atoms with van der Waals surface area (Å²) in [5.41, 5.74) is -0.482. The molecule has 0 aromatic rings. The highest BCUT2D eigenvalue weighted by Gasteiger charge is 2.15. The van der Waals surface area contributed by atoms with Gasteiger partial charge in [0, 0.05) is 18.8 Å². The first-order chi connectivity index (χ1) is 9.70. The highest BCUT2D eigenvalue weighted by atomic mass is 32.2. The van der Waals surface area contributed by atoms with Gasteiger partial charge in [0.1, 0.15) is 5.60 Å². The molecule has 0 saturated heterocycles. The van der Waals surface area contributed by atoms with Crippen LogP contribution in [0.25, 0.3) is 0 Å². The summed E-state index contributed by atoms with van der Waals surface area (Å²) in [7, 11) is 4.02. The molecule has 0 radical (unpaired) electrons. The molecule has 0 bridgehead atoms. The number of alkyl carbamates (subject to hydrolysis) is 1. The number of ether oxygens (including phenoxy) is 1. The molecule has 124 valence electrons. The fourth-order valence-corrected chi connectivity index (χ4v) is 2.06. The number of amides is 2. The molecule has 21 heavy (non-hydrogen) atoms. The number of carbonyl (C=O) groups is 2. The average Bonchev–Trinajstić information content (AvgIpc) is 2.31. The topological polar surface area (TPSA) is 70.7 Å². The van der Waals surface area contributed by atoms with Gasteiger partial charge in [-0.15, -0.1) is 0 Å². The predicted molar refractivity (Wildman–Crippen MR) is 87.7 cm³/mol. The molecule has 0 unspecified atom stereocenters. The van der Waals surface area contributed by atoms with Gasteiger partial charge in [0.15, 0.2) is 0 Å². The fraction of sp³-hybridized carbons (Fsp3) is 0.857. The van der Waals surface area contributed by atoms with Gasteiger partial charge in [-0.1, -0.05) is 0 Å².